The van der Waals surface area contributed by atoms with Crippen molar-refractivity contribution in [3.63, 3.8) is 0 Å². The standard InChI is InChI=1S/C21H25NO3/c1-15-4-7-18(8-5-15)9-11-20(23)22-12-13-25-21(24)19-10-6-16(2)14-17(19)3/h4-8,10,14H,9,11-13H2,1-3H3,(H,22,23). The normalized spacial score (nSPS) is 10.4. The maximum absolute atomic E-state index is 12.0. The molecule has 0 spiro atoms. The lowest BCUT2D eigenvalue weighted by Crippen LogP contribution is -2.28. The molecule has 0 aliphatic heterocycles. The number of hydrogen-bond donors (Lipinski definition) is 1. The fraction of sp³-hybridized carbons (Fsp3) is 0.333. The predicted octanol–water partition coefficient (Wildman–Crippen LogP) is 3.52. The second kappa shape index (κ2) is 9.02. The third-order valence-electron chi connectivity index (χ3n) is 4.02. The van der Waals surface area contributed by atoms with E-state index in [1.165, 1.54) is 5.56 Å². The highest BCUT2D eigenvalue weighted by Crippen LogP contribution is 2.11. The number of rotatable bonds is 7. The van der Waals surface area contributed by atoms with Gasteiger partial charge in [0.15, 0.2) is 0 Å². The van der Waals surface area contributed by atoms with Crippen molar-refractivity contribution < 1.29 is 14.3 Å². The molecule has 1 N–H and O–H groups in total. The van der Waals surface area contributed by atoms with Gasteiger partial charge in [-0.15, -0.1) is 0 Å². The number of amides is 1. The Kier molecular flexibility index (Phi) is 6.75. The number of carbonyl (C=O) groups is 2. The average Bonchev–Trinajstić information content (AvgIpc) is 2.58. The van der Waals surface area contributed by atoms with E-state index in [0.29, 0.717) is 24.9 Å². The molecule has 2 aromatic rings. The molecule has 0 saturated carbocycles. The van der Waals surface area contributed by atoms with Crippen LogP contribution in [0.1, 0.15) is 39.0 Å². The van der Waals surface area contributed by atoms with Gasteiger partial charge in [-0.3, -0.25) is 4.79 Å². The smallest absolute Gasteiger partial charge is 0.338 e. The Morgan fingerprint density at radius 1 is 0.960 bits per heavy atom. The van der Waals surface area contributed by atoms with Crippen LogP contribution in [0.4, 0.5) is 0 Å². The highest BCUT2D eigenvalue weighted by Gasteiger charge is 2.10. The molecule has 4 heteroatoms. The summed E-state index contributed by atoms with van der Waals surface area (Å²) in [7, 11) is 0. The summed E-state index contributed by atoms with van der Waals surface area (Å²) in [5, 5.41) is 2.78. The molecular formula is C21H25NO3. The minimum atomic E-state index is -0.355. The molecule has 0 aliphatic rings. The third kappa shape index (κ3) is 6.07. The molecule has 132 valence electrons. The van der Waals surface area contributed by atoms with E-state index in [1.54, 1.807) is 6.07 Å². The van der Waals surface area contributed by atoms with Gasteiger partial charge in [0.25, 0.3) is 0 Å². The highest BCUT2D eigenvalue weighted by molar-refractivity contribution is 5.91. The van der Waals surface area contributed by atoms with E-state index in [4.69, 9.17) is 4.74 Å². The fourth-order valence-corrected chi connectivity index (χ4v) is 2.56. The van der Waals surface area contributed by atoms with Gasteiger partial charge in [0.1, 0.15) is 6.61 Å². The minimum absolute atomic E-state index is 0.0388. The van der Waals surface area contributed by atoms with Crippen molar-refractivity contribution in [2.24, 2.45) is 0 Å². The van der Waals surface area contributed by atoms with E-state index in [2.05, 4.69) is 5.32 Å². The van der Waals surface area contributed by atoms with Gasteiger partial charge in [-0.05, 0) is 44.4 Å². The second-order valence-corrected chi connectivity index (χ2v) is 6.29. The summed E-state index contributed by atoms with van der Waals surface area (Å²) < 4.78 is 5.22. The van der Waals surface area contributed by atoms with Crippen molar-refractivity contribution in [2.45, 2.75) is 33.6 Å². The van der Waals surface area contributed by atoms with Crippen molar-refractivity contribution in [3.05, 3.63) is 70.3 Å². The number of nitrogens with one attached hydrogen (secondary N) is 1. The van der Waals surface area contributed by atoms with Crippen LogP contribution in [-0.2, 0) is 16.0 Å². The lowest BCUT2D eigenvalue weighted by atomic mass is 10.1. The van der Waals surface area contributed by atoms with Crippen molar-refractivity contribution in [3.8, 4) is 0 Å². The number of carbonyl (C=O) groups excluding carboxylic acids is 2. The Balaban J connectivity index is 1.67. The molecular weight excluding hydrogens is 314 g/mol. The van der Waals surface area contributed by atoms with Crippen molar-refractivity contribution >= 4 is 11.9 Å². The quantitative estimate of drug-likeness (QED) is 0.620. The first-order chi connectivity index (χ1) is 12.0. The van der Waals surface area contributed by atoms with Crippen LogP contribution in [0.3, 0.4) is 0 Å². The Labute approximate surface area is 149 Å². The summed E-state index contributed by atoms with van der Waals surface area (Å²) in [6.07, 6.45) is 1.13. The molecule has 25 heavy (non-hydrogen) atoms. The van der Waals surface area contributed by atoms with E-state index in [9.17, 15) is 9.59 Å². The van der Waals surface area contributed by atoms with E-state index < -0.39 is 0 Å². The molecule has 0 unspecified atom stereocenters. The average molecular weight is 339 g/mol. The van der Waals surface area contributed by atoms with Gasteiger partial charge in [-0.25, -0.2) is 4.79 Å². The van der Waals surface area contributed by atoms with Crippen molar-refractivity contribution in [1.82, 2.24) is 5.32 Å². The van der Waals surface area contributed by atoms with Crippen molar-refractivity contribution in [2.75, 3.05) is 13.2 Å². The molecule has 0 heterocycles. The van der Waals surface area contributed by atoms with Crippen LogP contribution in [0.5, 0.6) is 0 Å². The second-order valence-electron chi connectivity index (χ2n) is 6.29. The van der Waals surface area contributed by atoms with Gasteiger partial charge in [-0.1, -0.05) is 47.5 Å². The zero-order valence-corrected chi connectivity index (χ0v) is 15.1. The van der Waals surface area contributed by atoms with E-state index in [1.807, 2.05) is 57.2 Å². The van der Waals surface area contributed by atoms with Crippen LogP contribution in [0.15, 0.2) is 42.5 Å². The van der Waals surface area contributed by atoms with Gasteiger partial charge >= 0.3 is 5.97 Å². The zero-order valence-electron chi connectivity index (χ0n) is 15.1. The van der Waals surface area contributed by atoms with Gasteiger partial charge in [-0.2, -0.15) is 0 Å². The Morgan fingerprint density at radius 2 is 1.64 bits per heavy atom. The first-order valence-electron chi connectivity index (χ1n) is 8.52. The summed E-state index contributed by atoms with van der Waals surface area (Å²) in [6.45, 7) is 6.40. The Bertz CT molecular complexity index is 735. The summed E-state index contributed by atoms with van der Waals surface area (Å²) >= 11 is 0. The van der Waals surface area contributed by atoms with Crippen LogP contribution in [0.25, 0.3) is 0 Å². The summed E-state index contributed by atoms with van der Waals surface area (Å²) in [5.41, 5.74) is 4.92. The zero-order chi connectivity index (χ0) is 18.2. The fourth-order valence-electron chi connectivity index (χ4n) is 2.56. The third-order valence-corrected chi connectivity index (χ3v) is 4.02. The molecule has 2 rings (SSSR count). The molecule has 0 fully saturated rings. The number of hydrogen-bond acceptors (Lipinski definition) is 3. The van der Waals surface area contributed by atoms with Crippen LogP contribution >= 0.6 is 0 Å². The van der Waals surface area contributed by atoms with Gasteiger partial charge in [0, 0.05) is 6.42 Å². The molecule has 0 aliphatic carbocycles. The first kappa shape index (κ1) is 18.7. The minimum Gasteiger partial charge on any atom is -0.460 e. The SMILES string of the molecule is Cc1ccc(CCC(=O)NCCOC(=O)c2ccc(C)cc2C)cc1. The summed E-state index contributed by atoms with van der Waals surface area (Å²) in [5.74, 6) is -0.394. The number of ether oxygens (including phenoxy) is 1. The Morgan fingerprint density at radius 3 is 2.32 bits per heavy atom. The monoisotopic (exact) mass is 339 g/mol. The van der Waals surface area contributed by atoms with Crippen LogP contribution in [0.2, 0.25) is 0 Å². The molecule has 2 aromatic carbocycles. The molecule has 0 saturated heterocycles. The van der Waals surface area contributed by atoms with E-state index in [-0.39, 0.29) is 18.5 Å². The Hall–Kier alpha value is -2.62. The van der Waals surface area contributed by atoms with Gasteiger partial charge in [0.05, 0.1) is 12.1 Å². The van der Waals surface area contributed by atoms with Crippen LogP contribution < -0.4 is 5.32 Å². The lowest BCUT2D eigenvalue weighted by molar-refractivity contribution is -0.121. The number of aryl methyl sites for hydroxylation is 4. The van der Waals surface area contributed by atoms with E-state index >= 15 is 0 Å². The lowest BCUT2D eigenvalue weighted by Gasteiger charge is -2.09. The first-order valence-corrected chi connectivity index (χ1v) is 8.52. The van der Waals surface area contributed by atoms with Gasteiger partial charge in [0.2, 0.25) is 5.91 Å². The molecule has 1 amide bonds. The van der Waals surface area contributed by atoms with Crippen molar-refractivity contribution in [1.29, 1.82) is 0 Å². The number of benzene rings is 2. The summed E-state index contributed by atoms with van der Waals surface area (Å²) in [6, 6.07) is 13.8. The van der Waals surface area contributed by atoms with Gasteiger partial charge < -0.3 is 10.1 Å². The molecule has 0 atom stereocenters. The molecule has 4 nitrogen and oxygen atoms in total. The maximum Gasteiger partial charge on any atom is 0.338 e. The largest absolute Gasteiger partial charge is 0.460 e. The van der Waals surface area contributed by atoms with E-state index in [0.717, 1.165) is 16.7 Å². The molecule has 0 aromatic heterocycles. The topological polar surface area (TPSA) is 55.4 Å². The van der Waals surface area contributed by atoms with Crippen LogP contribution in [0, 0.1) is 20.8 Å². The molecule has 0 radical (unpaired) electrons. The number of esters is 1. The summed E-state index contributed by atoms with van der Waals surface area (Å²) in [4.78, 5) is 23.9. The predicted molar refractivity (Wildman–Crippen MR) is 98.7 cm³/mol. The maximum atomic E-state index is 12.0. The molecule has 0 bridgehead atoms. The highest BCUT2D eigenvalue weighted by atomic mass is 16.5. The van der Waals surface area contributed by atoms with Crippen LogP contribution in [-0.4, -0.2) is 25.0 Å².